The summed E-state index contributed by atoms with van der Waals surface area (Å²) in [6.07, 6.45) is 10.5. The van der Waals surface area contributed by atoms with E-state index in [2.05, 4.69) is 9.97 Å². The number of aromatic nitrogens is 2. The third kappa shape index (κ3) is 4.62. The van der Waals surface area contributed by atoms with Crippen LogP contribution in [0.2, 0.25) is 0 Å². The molecule has 4 heteroatoms. The van der Waals surface area contributed by atoms with Crippen molar-refractivity contribution in [1.29, 1.82) is 0 Å². The number of rotatable bonds is 1. The molecule has 0 aliphatic heterocycles. The summed E-state index contributed by atoms with van der Waals surface area (Å²) in [6.45, 7) is 0. The molecular formula is C15H13FeN2O-. The third-order valence-corrected chi connectivity index (χ3v) is 2.27. The smallest absolute Gasteiger partial charge is 0.195 e. The molecule has 0 bridgehead atoms. The van der Waals surface area contributed by atoms with E-state index in [-0.39, 0.29) is 22.8 Å². The molecule has 3 nitrogen and oxygen atoms in total. The van der Waals surface area contributed by atoms with Crippen LogP contribution < -0.4 is 0 Å². The minimum absolute atomic E-state index is 0. The van der Waals surface area contributed by atoms with E-state index in [0.717, 1.165) is 5.57 Å². The molecule has 1 aliphatic carbocycles. The number of aliphatic hydroxyl groups excluding tert-OH is 1. The Bertz CT molecular complexity index is 526. The summed E-state index contributed by atoms with van der Waals surface area (Å²) in [4.78, 5) is 7.87. The van der Waals surface area contributed by atoms with E-state index < -0.39 is 0 Å². The van der Waals surface area contributed by atoms with E-state index in [1.807, 2.05) is 54.6 Å². The van der Waals surface area contributed by atoms with Gasteiger partial charge in [0.15, 0.2) is 11.6 Å². The molecule has 1 aromatic heterocycles. The maximum atomic E-state index is 9.67. The monoisotopic (exact) mass is 293 g/mol. The summed E-state index contributed by atoms with van der Waals surface area (Å²) < 4.78 is 0. The summed E-state index contributed by atoms with van der Waals surface area (Å²) in [6, 6.07) is 11.7. The molecule has 19 heavy (non-hydrogen) atoms. The van der Waals surface area contributed by atoms with E-state index in [0.29, 0.717) is 5.82 Å². The molecule has 98 valence electrons. The zero-order chi connectivity index (χ0) is 12.6. The molecule has 0 unspecified atom stereocenters. The zero-order valence-electron chi connectivity index (χ0n) is 10.1. The first-order chi connectivity index (χ1) is 8.88. The van der Waals surface area contributed by atoms with Crippen molar-refractivity contribution in [1.82, 2.24) is 9.97 Å². The van der Waals surface area contributed by atoms with Crippen molar-refractivity contribution in [2.75, 3.05) is 0 Å². The Morgan fingerprint density at radius 2 is 1.53 bits per heavy atom. The second-order valence-electron chi connectivity index (χ2n) is 3.56. The molecule has 0 amide bonds. The molecular weight excluding hydrogens is 280 g/mol. The first-order valence-corrected chi connectivity index (χ1v) is 5.60. The first-order valence-electron chi connectivity index (χ1n) is 5.60. The van der Waals surface area contributed by atoms with Gasteiger partial charge in [0, 0.05) is 35.0 Å². The van der Waals surface area contributed by atoms with Gasteiger partial charge < -0.3 is 5.11 Å². The Kier molecular flexibility index (Phi) is 6.44. The van der Waals surface area contributed by atoms with Crippen molar-refractivity contribution in [3.05, 3.63) is 84.5 Å². The minimum atomic E-state index is 0. The Labute approximate surface area is 122 Å². The van der Waals surface area contributed by atoms with Gasteiger partial charge >= 0.3 is 0 Å². The fraction of sp³-hybridized carbons (Fsp3) is 0. The van der Waals surface area contributed by atoms with Gasteiger partial charge in [-0.3, -0.25) is 0 Å². The van der Waals surface area contributed by atoms with Gasteiger partial charge in [-0.25, -0.2) is 22.1 Å². The molecule has 0 atom stereocenters. The predicted octanol–water partition coefficient (Wildman–Crippen LogP) is 3.27. The Hall–Kier alpha value is -2.03. The van der Waals surface area contributed by atoms with Gasteiger partial charge in [-0.05, 0) is 6.07 Å². The summed E-state index contributed by atoms with van der Waals surface area (Å²) in [5.74, 6) is 0.472. The second kappa shape index (κ2) is 8.14. The van der Waals surface area contributed by atoms with Crippen molar-refractivity contribution >= 4 is 5.76 Å². The minimum Gasteiger partial charge on any atom is -0.504 e. The van der Waals surface area contributed by atoms with Crippen LogP contribution in [0.4, 0.5) is 0 Å². The molecule has 1 aromatic carbocycles. The van der Waals surface area contributed by atoms with Gasteiger partial charge in [0.1, 0.15) is 0 Å². The molecule has 3 rings (SSSR count). The third-order valence-electron chi connectivity index (χ3n) is 2.27. The molecule has 0 fully saturated rings. The normalized spacial score (nSPS) is 11.5. The van der Waals surface area contributed by atoms with Crippen LogP contribution in [0.3, 0.4) is 0 Å². The van der Waals surface area contributed by atoms with Gasteiger partial charge in [0.05, 0.1) is 0 Å². The summed E-state index contributed by atoms with van der Waals surface area (Å²) in [7, 11) is 0. The van der Waals surface area contributed by atoms with Crippen LogP contribution in [0.15, 0.2) is 78.7 Å². The van der Waals surface area contributed by atoms with Gasteiger partial charge in [-0.1, -0.05) is 24.3 Å². The second-order valence-corrected chi connectivity index (χ2v) is 3.56. The van der Waals surface area contributed by atoms with E-state index in [4.69, 9.17) is 0 Å². The van der Waals surface area contributed by atoms with Gasteiger partial charge in [0.25, 0.3) is 0 Å². The molecule has 0 radical (unpaired) electrons. The van der Waals surface area contributed by atoms with Crippen LogP contribution >= 0.6 is 0 Å². The maximum absolute atomic E-state index is 9.67. The Morgan fingerprint density at radius 3 is 2.00 bits per heavy atom. The quantitative estimate of drug-likeness (QED) is 0.498. The molecule has 2 aromatic rings. The Balaban J connectivity index is 0.000000256. The van der Waals surface area contributed by atoms with E-state index >= 15 is 0 Å². The molecule has 0 saturated carbocycles. The van der Waals surface area contributed by atoms with Crippen molar-refractivity contribution in [2.45, 2.75) is 0 Å². The average molecular weight is 293 g/mol. The van der Waals surface area contributed by atoms with E-state index in [1.54, 1.807) is 18.5 Å². The average Bonchev–Trinajstić information content (AvgIpc) is 3.14. The number of hydrogen-bond acceptors (Lipinski definition) is 3. The molecule has 1 aliphatic rings. The van der Waals surface area contributed by atoms with Gasteiger partial charge in [-0.15, -0.1) is 0 Å². The SMILES string of the molecule is OC(=C1C=CC=C1)c1ncccn1.[Fe].c1cc[cH-]c1. The molecule has 0 spiro atoms. The number of hydrogen-bond donors (Lipinski definition) is 1. The summed E-state index contributed by atoms with van der Waals surface area (Å²) in [5, 5.41) is 9.67. The van der Waals surface area contributed by atoms with Crippen molar-refractivity contribution in [3.63, 3.8) is 0 Å². The standard InChI is InChI=1S/C10H8N2O.C5H5.Fe/c13-9(8-4-1-2-5-8)10-11-6-3-7-12-10;1-2-4-5-3-1;/h1-7,13H;1-5H;/q;-1;. The number of nitrogens with zero attached hydrogens (tertiary/aromatic N) is 2. The maximum Gasteiger partial charge on any atom is 0.195 e. The van der Waals surface area contributed by atoms with Crippen LogP contribution in [0.25, 0.3) is 5.76 Å². The fourth-order valence-electron chi connectivity index (χ4n) is 1.40. The van der Waals surface area contributed by atoms with Crippen molar-refractivity contribution in [2.24, 2.45) is 0 Å². The van der Waals surface area contributed by atoms with Crippen molar-refractivity contribution in [3.8, 4) is 0 Å². The number of aliphatic hydroxyl groups is 1. The Morgan fingerprint density at radius 1 is 0.947 bits per heavy atom. The number of allylic oxidation sites excluding steroid dienone is 5. The topological polar surface area (TPSA) is 46.0 Å². The largest absolute Gasteiger partial charge is 0.504 e. The molecule has 1 N–H and O–H groups in total. The van der Waals surface area contributed by atoms with Crippen LogP contribution in [-0.2, 0) is 17.1 Å². The van der Waals surface area contributed by atoms with E-state index in [1.165, 1.54) is 0 Å². The fourth-order valence-corrected chi connectivity index (χ4v) is 1.40. The predicted molar refractivity (Wildman–Crippen MR) is 71.9 cm³/mol. The van der Waals surface area contributed by atoms with Crippen LogP contribution in [0.5, 0.6) is 0 Å². The summed E-state index contributed by atoms with van der Waals surface area (Å²) >= 11 is 0. The first kappa shape index (κ1) is 15.0. The van der Waals surface area contributed by atoms with Crippen LogP contribution in [0.1, 0.15) is 5.82 Å². The van der Waals surface area contributed by atoms with E-state index in [9.17, 15) is 5.11 Å². The zero-order valence-corrected chi connectivity index (χ0v) is 11.2. The summed E-state index contributed by atoms with van der Waals surface area (Å²) in [5.41, 5.74) is 0.742. The van der Waals surface area contributed by atoms with Crippen molar-refractivity contribution < 1.29 is 22.2 Å². The van der Waals surface area contributed by atoms with Gasteiger partial charge in [-0.2, -0.15) is 18.2 Å². The molecule has 0 saturated heterocycles. The van der Waals surface area contributed by atoms with Gasteiger partial charge in [0.2, 0.25) is 0 Å². The van der Waals surface area contributed by atoms with Crippen LogP contribution in [0, 0.1) is 0 Å². The van der Waals surface area contributed by atoms with Crippen LogP contribution in [-0.4, -0.2) is 15.1 Å². The molecule has 1 heterocycles.